The molecule has 0 aromatic heterocycles. The van der Waals surface area contributed by atoms with E-state index in [-0.39, 0.29) is 11.9 Å². The van der Waals surface area contributed by atoms with E-state index in [1.807, 2.05) is 4.90 Å². The second-order valence-corrected chi connectivity index (χ2v) is 4.56. The van der Waals surface area contributed by atoms with Gasteiger partial charge in [-0.15, -0.1) is 0 Å². The maximum atomic E-state index is 12.0. The van der Waals surface area contributed by atoms with E-state index in [0.29, 0.717) is 5.92 Å². The molecule has 0 saturated carbocycles. The molecule has 0 saturated heterocycles. The number of rotatable bonds is 7. The van der Waals surface area contributed by atoms with Crippen molar-refractivity contribution in [1.82, 2.24) is 4.90 Å². The topological polar surface area (TPSA) is 46.3 Å². The van der Waals surface area contributed by atoms with Crippen LogP contribution in [0.4, 0.5) is 0 Å². The molecule has 0 fully saturated rings. The fourth-order valence-corrected chi connectivity index (χ4v) is 1.72. The Hall–Kier alpha value is -0.570. The van der Waals surface area contributed by atoms with E-state index in [9.17, 15) is 4.79 Å². The fourth-order valence-electron chi connectivity index (χ4n) is 1.72. The molecule has 15 heavy (non-hydrogen) atoms. The van der Waals surface area contributed by atoms with Crippen molar-refractivity contribution in [1.29, 1.82) is 0 Å². The zero-order chi connectivity index (χ0) is 11.8. The highest BCUT2D eigenvalue weighted by Crippen LogP contribution is 2.06. The number of carbonyl (C=O) groups is 1. The zero-order valence-electron chi connectivity index (χ0n) is 10.6. The average molecular weight is 214 g/mol. The third-order valence-electron chi connectivity index (χ3n) is 2.34. The minimum atomic E-state index is -0.317. The Balaban J connectivity index is 4.21. The summed E-state index contributed by atoms with van der Waals surface area (Å²) in [4.78, 5) is 13.9. The van der Waals surface area contributed by atoms with E-state index in [1.165, 1.54) is 0 Å². The summed E-state index contributed by atoms with van der Waals surface area (Å²) in [6.07, 6.45) is 2.78. The molecule has 3 nitrogen and oxygen atoms in total. The Bertz CT molecular complexity index is 174. The van der Waals surface area contributed by atoms with Crippen LogP contribution in [0.25, 0.3) is 0 Å². The van der Waals surface area contributed by atoms with Gasteiger partial charge in [0, 0.05) is 13.1 Å². The predicted octanol–water partition coefficient (Wildman–Crippen LogP) is 2.01. The van der Waals surface area contributed by atoms with Gasteiger partial charge >= 0.3 is 0 Å². The Morgan fingerprint density at radius 1 is 1.20 bits per heavy atom. The van der Waals surface area contributed by atoms with Gasteiger partial charge in [-0.2, -0.15) is 0 Å². The molecule has 0 rings (SSSR count). The normalized spacial score (nSPS) is 12.9. The van der Waals surface area contributed by atoms with Crippen LogP contribution in [0.15, 0.2) is 0 Å². The molecule has 0 radical (unpaired) electrons. The van der Waals surface area contributed by atoms with E-state index >= 15 is 0 Å². The molecule has 90 valence electrons. The Kier molecular flexibility index (Phi) is 7.39. The molecule has 0 aliphatic rings. The van der Waals surface area contributed by atoms with Crippen molar-refractivity contribution >= 4 is 5.91 Å². The molecule has 1 unspecified atom stereocenters. The van der Waals surface area contributed by atoms with Crippen LogP contribution in [0, 0.1) is 5.92 Å². The van der Waals surface area contributed by atoms with Gasteiger partial charge in [-0.3, -0.25) is 4.79 Å². The third kappa shape index (κ3) is 5.78. The number of hydrogen-bond acceptors (Lipinski definition) is 2. The fraction of sp³-hybridized carbons (Fsp3) is 0.917. The van der Waals surface area contributed by atoms with Crippen LogP contribution in [0.1, 0.15) is 47.0 Å². The second kappa shape index (κ2) is 7.69. The number of hydrogen-bond donors (Lipinski definition) is 1. The summed E-state index contributed by atoms with van der Waals surface area (Å²) in [5.74, 6) is 0.599. The van der Waals surface area contributed by atoms with E-state index in [0.717, 1.165) is 32.4 Å². The quantitative estimate of drug-likeness (QED) is 0.704. The van der Waals surface area contributed by atoms with Crippen molar-refractivity contribution < 1.29 is 4.79 Å². The first-order chi connectivity index (χ1) is 7.02. The number of nitrogens with zero attached hydrogens (tertiary/aromatic N) is 1. The number of carbonyl (C=O) groups excluding carboxylic acids is 1. The highest BCUT2D eigenvalue weighted by atomic mass is 16.2. The molecule has 0 bridgehead atoms. The smallest absolute Gasteiger partial charge is 0.239 e. The van der Waals surface area contributed by atoms with Gasteiger partial charge in [0.05, 0.1) is 6.04 Å². The summed E-state index contributed by atoms with van der Waals surface area (Å²) in [5, 5.41) is 0. The summed E-state index contributed by atoms with van der Waals surface area (Å²) in [6, 6.07) is -0.317. The second-order valence-electron chi connectivity index (χ2n) is 4.56. The monoisotopic (exact) mass is 214 g/mol. The molecule has 3 heteroatoms. The molecule has 0 aromatic carbocycles. The Morgan fingerprint density at radius 2 is 1.67 bits per heavy atom. The van der Waals surface area contributed by atoms with Crippen molar-refractivity contribution in [3.05, 3.63) is 0 Å². The summed E-state index contributed by atoms with van der Waals surface area (Å²) in [7, 11) is 0. The van der Waals surface area contributed by atoms with Gasteiger partial charge in [-0.25, -0.2) is 0 Å². The Labute approximate surface area is 94.0 Å². The van der Waals surface area contributed by atoms with Crippen LogP contribution in [0.3, 0.4) is 0 Å². The van der Waals surface area contributed by atoms with Crippen LogP contribution >= 0.6 is 0 Å². The molecule has 1 atom stereocenters. The minimum absolute atomic E-state index is 0.118. The van der Waals surface area contributed by atoms with Crippen molar-refractivity contribution in [2.45, 2.75) is 53.0 Å². The molecule has 1 amide bonds. The number of nitrogens with two attached hydrogens (primary N) is 1. The van der Waals surface area contributed by atoms with E-state index in [1.54, 1.807) is 0 Å². The standard InChI is InChI=1S/C12H26N2O/c1-5-7-14(8-6-2)12(15)11(13)9-10(3)4/h10-11H,5-9,13H2,1-4H3. The van der Waals surface area contributed by atoms with Crippen LogP contribution in [-0.2, 0) is 4.79 Å². The van der Waals surface area contributed by atoms with E-state index in [4.69, 9.17) is 5.73 Å². The van der Waals surface area contributed by atoms with Gasteiger partial charge in [0.2, 0.25) is 5.91 Å². The van der Waals surface area contributed by atoms with Crippen LogP contribution in [0.5, 0.6) is 0 Å². The maximum absolute atomic E-state index is 12.0. The van der Waals surface area contributed by atoms with Gasteiger partial charge in [0.1, 0.15) is 0 Å². The summed E-state index contributed by atoms with van der Waals surface area (Å²) >= 11 is 0. The lowest BCUT2D eigenvalue weighted by atomic mass is 10.0. The molecular formula is C12H26N2O. The van der Waals surface area contributed by atoms with Gasteiger partial charge in [0.25, 0.3) is 0 Å². The average Bonchev–Trinajstić information content (AvgIpc) is 2.15. The van der Waals surface area contributed by atoms with Gasteiger partial charge < -0.3 is 10.6 Å². The zero-order valence-corrected chi connectivity index (χ0v) is 10.6. The van der Waals surface area contributed by atoms with Crippen LogP contribution in [0.2, 0.25) is 0 Å². The summed E-state index contributed by atoms with van der Waals surface area (Å²) in [6.45, 7) is 10.0. The summed E-state index contributed by atoms with van der Waals surface area (Å²) < 4.78 is 0. The summed E-state index contributed by atoms with van der Waals surface area (Å²) in [5.41, 5.74) is 5.89. The molecule has 2 N–H and O–H groups in total. The largest absolute Gasteiger partial charge is 0.341 e. The molecular weight excluding hydrogens is 188 g/mol. The van der Waals surface area contributed by atoms with E-state index in [2.05, 4.69) is 27.7 Å². The number of amides is 1. The van der Waals surface area contributed by atoms with E-state index < -0.39 is 0 Å². The highest BCUT2D eigenvalue weighted by molar-refractivity contribution is 5.81. The lowest BCUT2D eigenvalue weighted by molar-refractivity contribution is -0.133. The first-order valence-corrected chi connectivity index (χ1v) is 6.07. The third-order valence-corrected chi connectivity index (χ3v) is 2.34. The lowest BCUT2D eigenvalue weighted by Crippen LogP contribution is -2.45. The predicted molar refractivity (Wildman–Crippen MR) is 64.6 cm³/mol. The highest BCUT2D eigenvalue weighted by Gasteiger charge is 2.20. The van der Waals surface area contributed by atoms with Crippen molar-refractivity contribution in [3.8, 4) is 0 Å². The van der Waals surface area contributed by atoms with Crippen molar-refractivity contribution in [2.75, 3.05) is 13.1 Å². The van der Waals surface area contributed by atoms with Crippen molar-refractivity contribution in [3.63, 3.8) is 0 Å². The van der Waals surface area contributed by atoms with Gasteiger partial charge in [-0.05, 0) is 25.2 Å². The first-order valence-electron chi connectivity index (χ1n) is 6.07. The van der Waals surface area contributed by atoms with Crippen LogP contribution in [-0.4, -0.2) is 29.9 Å². The van der Waals surface area contributed by atoms with Crippen LogP contribution < -0.4 is 5.73 Å². The van der Waals surface area contributed by atoms with Gasteiger partial charge in [0.15, 0.2) is 0 Å². The van der Waals surface area contributed by atoms with Crippen molar-refractivity contribution in [2.24, 2.45) is 11.7 Å². The van der Waals surface area contributed by atoms with Gasteiger partial charge in [-0.1, -0.05) is 27.7 Å². The molecule has 0 heterocycles. The molecule has 0 spiro atoms. The molecule has 0 aliphatic carbocycles. The molecule has 0 aliphatic heterocycles. The maximum Gasteiger partial charge on any atom is 0.239 e. The first kappa shape index (κ1) is 14.4. The molecule has 0 aromatic rings. The minimum Gasteiger partial charge on any atom is -0.341 e. The lowest BCUT2D eigenvalue weighted by Gasteiger charge is -2.25. The Morgan fingerprint density at radius 3 is 2.00 bits per heavy atom. The SMILES string of the molecule is CCCN(CCC)C(=O)C(N)CC(C)C.